The molecule has 31 heavy (non-hydrogen) atoms. The van der Waals surface area contributed by atoms with Gasteiger partial charge in [-0.2, -0.15) is 0 Å². The highest BCUT2D eigenvalue weighted by Gasteiger charge is 2.25. The molecule has 1 fully saturated rings. The zero-order chi connectivity index (χ0) is 21.2. The van der Waals surface area contributed by atoms with E-state index >= 15 is 0 Å². The van der Waals surface area contributed by atoms with Gasteiger partial charge in [0.2, 0.25) is 0 Å². The molecule has 1 aromatic carbocycles. The van der Waals surface area contributed by atoms with Gasteiger partial charge in [0.25, 0.3) is 5.91 Å². The number of nitrogens with zero attached hydrogens (tertiary/aromatic N) is 5. The minimum atomic E-state index is -0.368. The zero-order valence-corrected chi connectivity index (χ0v) is 17.9. The number of halogens is 1. The van der Waals surface area contributed by atoms with Crippen molar-refractivity contribution in [2.45, 2.75) is 29.8 Å². The average molecular weight is 453 g/mol. The fourth-order valence-corrected chi connectivity index (χ4v) is 4.73. The highest BCUT2D eigenvalue weighted by Crippen LogP contribution is 2.31. The van der Waals surface area contributed by atoms with Crippen molar-refractivity contribution in [3.8, 4) is 17.1 Å². The van der Waals surface area contributed by atoms with Crippen LogP contribution in [0.1, 0.15) is 28.3 Å². The standard InChI is InChI=1S/C21H17FN6OS2/c22-15-3-1-2-4-17(15)28-19(13-7-9-23-10-8-13)26-27-21(28)31-12-18-25-16(11-30-18)20(29)24-14-5-6-14/h1-4,7-11,14H,5-6,12H2,(H,24,29). The number of benzene rings is 1. The van der Waals surface area contributed by atoms with Gasteiger partial charge >= 0.3 is 0 Å². The monoisotopic (exact) mass is 452 g/mol. The second-order valence-electron chi connectivity index (χ2n) is 6.99. The Morgan fingerprint density at radius 3 is 2.77 bits per heavy atom. The van der Waals surface area contributed by atoms with E-state index in [1.54, 1.807) is 52.7 Å². The number of aromatic nitrogens is 5. The fourth-order valence-electron chi connectivity index (χ4n) is 3.00. The van der Waals surface area contributed by atoms with Crippen LogP contribution in [0, 0.1) is 5.82 Å². The lowest BCUT2D eigenvalue weighted by Crippen LogP contribution is -2.25. The van der Waals surface area contributed by atoms with E-state index in [9.17, 15) is 9.18 Å². The van der Waals surface area contributed by atoms with E-state index in [-0.39, 0.29) is 17.8 Å². The number of thiazole rings is 1. The molecule has 1 amide bonds. The first-order chi connectivity index (χ1) is 15.2. The summed E-state index contributed by atoms with van der Waals surface area (Å²) in [5.74, 6) is 0.514. The van der Waals surface area contributed by atoms with Crippen molar-refractivity contribution in [1.29, 1.82) is 0 Å². The third-order valence-corrected chi connectivity index (χ3v) is 6.66. The number of thioether (sulfide) groups is 1. The molecule has 7 nitrogen and oxygen atoms in total. The van der Waals surface area contributed by atoms with Crippen LogP contribution >= 0.6 is 23.1 Å². The minimum absolute atomic E-state index is 0.135. The SMILES string of the molecule is O=C(NC1CC1)c1csc(CSc2nnc(-c3ccncc3)n2-c2ccccc2F)n1. The Balaban J connectivity index is 1.42. The van der Waals surface area contributed by atoms with E-state index in [1.165, 1.54) is 29.2 Å². The van der Waals surface area contributed by atoms with Crippen LogP contribution in [-0.4, -0.2) is 36.7 Å². The molecule has 4 aromatic rings. The van der Waals surface area contributed by atoms with Gasteiger partial charge in [0.05, 0.1) is 11.4 Å². The Morgan fingerprint density at radius 1 is 1.19 bits per heavy atom. The second kappa shape index (κ2) is 8.56. The quantitative estimate of drug-likeness (QED) is 0.425. The number of para-hydroxylation sites is 1. The molecule has 1 N–H and O–H groups in total. The molecular weight excluding hydrogens is 435 g/mol. The van der Waals surface area contributed by atoms with Crippen molar-refractivity contribution in [3.63, 3.8) is 0 Å². The van der Waals surface area contributed by atoms with E-state index < -0.39 is 0 Å². The van der Waals surface area contributed by atoms with Crippen LogP contribution in [-0.2, 0) is 5.75 Å². The number of amides is 1. The van der Waals surface area contributed by atoms with Crippen LogP contribution in [0.4, 0.5) is 4.39 Å². The van der Waals surface area contributed by atoms with E-state index in [0.717, 1.165) is 23.4 Å². The summed E-state index contributed by atoms with van der Waals surface area (Å²) < 4.78 is 16.3. The van der Waals surface area contributed by atoms with Gasteiger partial charge in [-0.1, -0.05) is 23.9 Å². The Kier molecular flexibility index (Phi) is 5.47. The Bertz CT molecular complexity index is 1220. The van der Waals surface area contributed by atoms with Gasteiger partial charge in [0.15, 0.2) is 11.0 Å². The van der Waals surface area contributed by atoms with Crippen molar-refractivity contribution in [1.82, 2.24) is 30.0 Å². The molecular formula is C21H17FN6OS2. The number of rotatable bonds is 7. The van der Waals surface area contributed by atoms with Crippen molar-refractivity contribution >= 4 is 29.0 Å². The Labute approximate surface area is 185 Å². The van der Waals surface area contributed by atoms with Gasteiger partial charge in [-0.25, -0.2) is 9.37 Å². The summed E-state index contributed by atoms with van der Waals surface area (Å²) >= 11 is 2.81. The second-order valence-corrected chi connectivity index (χ2v) is 8.88. The Morgan fingerprint density at radius 2 is 2.00 bits per heavy atom. The van der Waals surface area contributed by atoms with Crippen LogP contribution in [0.3, 0.4) is 0 Å². The van der Waals surface area contributed by atoms with Gasteiger partial charge in [0, 0.05) is 29.4 Å². The number of pyridine rings is 1. The lowest BCUT2D eigenvalue weighted by Gasteiger charge is -2.10. The Hall–Kier alpha value is -3.11. The molecule has 1 aliphatic rings. The summed E-state index contributed by atoms with van der Waals surface area (Å²) in [5.41, 5.74) is 1.58. The molecule has 0 saturated heterocycles. The molecule has 1 aliphatic carbocycles. The summed E-state index contributed by atoms with van der Waals surface area (Å²) in [6.07, 6.45) is 5.38. The summed E-state index contributed by atoms with van der Waals surface area (Å²) in [6.45, 7) is 0. The lowest BCUT2D eigenvalue weighted by atomic mass is 10.2. The maximum Gasteiger partial charge on any atom is 0.270 e. The molecule has 0 atom stereocenters. The molecule has 0 aliphatic heterocycles. The van der Waals surface area contributed by atoms with Crippen molar-refractivity contribution in [2.24, 2.45) is 0 Å². The summed E-state index contributed by atoms with van der Waals surface area (Å²) in [7, 11) is 0. The zero-order valence-electron chi connectivity index (χ0n) is 16.2. The van der Waals surface area contributed by atoms with E-state index in [2.05, 4.69) is 25.5 Å². The third kappa shape index (κ3) is 4.35. The topological polar surface area (TPSA) is 85.6 Å². The van der Waals surface area contributed by atoms with Crippen LogP contribution in [0.25, 0.3) is 17.1 Å². The van der Waals surface area contributed by atoms with Crippen molar-refractivity contribution in [2.75, 3.05) is 0 Å². The molecule has 10 heteroatoms. The van der Waals surface area contributed by atoms with E-state index in [0.29, 0.717) is 28.1 Å². The molecule has 5 rings (SSSR count). The number of carbonyl (C=O) groups excluding carboxylic acids is 1. The van der Waals surface area contributed by atoms with Crippen molar-refractivity contribution < 1.29 is 9.18 Å². The molecule has 3 aromatic heterocycles. The predicted octanol–water partition coefficient (Wildman–Crippen LogP) is 4.11. The molecule has 0 spiro atoms. The van der Waals surface area contributed by atoms with Crippen molar-refractivity contribution in [3.05, 3.63) is 70.7 Å². The van der Waals surface area contributed by atoms with Gasteiger partial charge in [-0.15, -0.1) is 21.5 Å². The predicted molar refractivity (Wildman–Crippen MR) is 117 cm³/mol. The molecule has 156 valence electrons. The fraction of sp³-hybridized carbons (Fsp3) is 0.190. The first-order valence-corrected chi connectivity index (χ1v) is 11.5. The normalized spacial score (nSPS) is 13.3. The maximum absolute atomic E-state index is 14.6. The number of nitrogens with one attached hydrogen (secondary N) is 1. The molecule has 1 saturated carbocycles. The number of hydrogen-bond donors (Lipinski definition) is 1. The van der Waals surface area contributed by atoms with E-state index in [1.807, 2.05) is 0 Å². The molecule has 3 heterocycles. The van der Waals surface area contributed by atoms with Gasteiger partial charge < -0.3 is 5.32 Å². The van der Waals surface area contributed by atoms with Crippen LogP contribution in [0.15, 0.2) is 59.3 Å². The van der Waals surface area contributed by atoms with Crippen LogP contribution in [0.5, 0.6) is 0 Å². The molecule has 0 radical (unpaired) electrons. The smallest absolute Gasteiger partial charge is 0.270 e. The van der Waals surface area contributed by atoms with E-state index in [4.69, 9.17) is 0 Å². The minimum Gasteiger partial charge on any atom is -0.348 e. The highest BCUT2D eigenvalue weighted by molar-refractivity contribution is 7.98. The third-order valence-electron chi connectivity index (χ3n) is 4.69. The highest BCUT2D eigenvalue weighted by atomic mass is 32.2. The number of carbonyl (C=O) groups is 1. The largest absolute Gasteiger partial charge is 0.348 e. The summed E-state index contributed by atoms with van der Waals surface area (Å²) in [4.78, 5) is 20.6. The maximum atomic E-state index is 14.6. The first-order valence-electron chi connectivity index (χ1n) is 9.68. The van der Waals surface area contributed by atoms with Gasteiger partial charge in [0.1, 0.15) is 16.5 Å². The molecule has 0 unspecified atom stereocenters. The van der Waals surface area contributed by atoms with Crippen LogP contribution in [0.2, 0.25) is 0 Å². The lowest BCUT2D eigenvalue weighted by molar-refractivity contribution is 0.0946. The van der Waals surface area contributed by atoms with Gasteiger partial charge in [-0.05, 0) is 37.1 Å². The molecule has 0 bridgehead atoms. The number of hydrogen-bond acceptors (Lipinski definition) is 7. The summed E-state index contributed by atoms with van der Waals surface area (Å²) in [5, 5.41) is 14.6. The average Bonchev–Trinajstić information content (AvgIpc) is 3.31. The first kappa shape index (κ1) is 19.8. The van der Waals surface area contributed by atoms with Crippen LogP contribution < -0.4 is 5.32 Å². The van der Waals surface area contributed by atoms with Gasteiger partial charge in [-0.3, -0.25) is 14.3 Å². The summed E-state index contributed by atoms with van der Waals surface area (Å²) in [6, 6.07) is 10.4.